The predicted molar refractivity (Wildman–Crippen MR) is 133 cm³/mol. The molecule has 0 saturated carbocycles. The van der Waals surface area contributed by atoms with Crippen molar-refractivity contribution < 1.29 is 9.59 Å². The summed E-state index contributed by atoms with van der Waals surface area (Å²) in [4.78, 5) is 29.3. The van der Waals surface area contributed by atoms with Gasteiger partial charge in [-0.05, 0) is 74.4 Å². The summed E-state index contributed by atoms with van der Waals surface area (Å²) in [5.41, 5.74) is 3.42. The highest BCUT2D eigenvalue weighted by atomic mass is 16.2. The second-order valence-electron chi connectivity index (χ2n) is 9.65. The van der Waals surface area contributed by atoms with Crippen LogP contribution in [0.2, 0.25) is 0 Å². The lowest BCUT2D eigenvalue weighted by molar-refractivity contribution is -0.137. The summed E-state index contributed by atoms with van der Waals surface area (Å²) in [5, 5.41) is 2.82. The molecule has 2 fully saturated rings. The molecule has 2 aliphatic heterocycles. The molecule has 0 aliphatic carbocycles. The molecule has 2 heterocycles. The summed E-state index contributed by atoms with van der Waals surface area (Å²) >= 11 is 0. The molecule has 0 radical (unpaired) electrons. The van der Waals surface area contributed by atoms with E-state index < -0.39 is 0 Å². The Kier molecular flexibility index (Phi) is 8.16. The third kappa shape index (κ3) is 6.67. The molecule has 2 aromatic rings. The number of carbonyl (C=O) groups excluding carboxylic acids is 2. The summed E-state index contributed by atoms with van der Waals surface area (Å²) in [6.07, 6.45) is 6.50. The van der Waals surface area contributed by atoms with E-state index in [1.807, 2.05) is 18.2 Å². The topological polar surface area (TPSA) is 52.7 Å². The van der Waals surface area contributed by atoms with Gasteiger partial charge >= 0.3 is 0 Å². The lowest BCUT2D eigenvalue weighted by Gasteiger charge is -2.36. The van der Waals surface area contributed by atoms with Crippen molar-refractivity contribution in [3.63, 3.8) is 0 Å². The molecule has 2 aromatic carbocycles. The lowest BCUT2D eigenvalue weighted by Crippen LogP contribution is -2.42. The van der Waals surface area contributed by atoms with Gasteiger partial charge in [0.25, 0.3) is 0 Å². The average Bonchev–Trinajstić information content (AvgIpc) is 3.01. The number of hydrogen-bond acceptors (Lipinski definition) is 3. The summed E-state index contributed by atoms with van der Waals surface area (Å²) in [7, 11) is 0. The Morgan fingerprint density at radius 1 is 0.909 bits per heavy atom. The van der Waals surface area contributed by atoms with Gasteiger partial charge in [0.15, 0.2) is 0 Å². The van der Waals surface area contributed by atoms with E-state index in [4.69, 9.17) is 0 Å². The zero-order chi connectivity index (χ0) is 23.0. The number of nitrogens with zero attached hydrogens (tertiary/aromatic N) is 2. The first-order chi connectivity index (χ1) is 16.1. The van der Waals surface area contributed by atoms with Crippen LogP contribution in [0.4, 0.5) is 5.69 Å². The van der Waals surface area contributed by atoms with E-state index in [-0.39, 0.29) is 11.8 Å². The molecular formula is C28H37N3O2. The Balaban J connectivity index is 1.28. The fourth-order valence-electron chi connectivity index (χ4n) is 5.37. The molecule has 0 spiro atoms. The van der Waals surface area contributed by atoms with Crippen molar-refractivity contribution in [2.24, 2.45) is 11.8 Å². The smallest absolute Gasteiger partial charge is 0.225 e. The van der Waals surface area contributed by atoms with Crippen molar-refractivity contribution in [2.45, 2.75) is 52.0 Å². The molecule has 0 aromatic heterocycles. The van der Waals surface area contributed by atoms with E-state index in [1.165, 1.54) is 24.5 Å². The maximum Gasteiger partial charge on any atom is 0.225 e. The number of rotatable bonds is 7. The lowest BCUT2D eigenvalue weighted by atomic mass is 9.81. The van der Waals surface area contributed by atoms with Crippen molar-refractivity contribution in [1.29, 1.82) is 0 Å². The van der Waals surface area contributed by atoms with Gasteiger partial charge in [-0.3, -0.25) is 14.5 Å². The number of benzene rings is 2. The molecule has 0 unspecified atom stereocenters. The fraction of sp³-hybridized carbons (Fsp3) is 0.500. The van der Waals surface area contributed by atoms with Gasteiger partial charge in [-0.25, -0.2) is 0 Å². The Morgan fingerprint density at radius 3 is 2.33 bits per heavy atom. The van der Waals surface area contributed by atoms with Crippen LogP contribution in [0.5, 0.6) is 0 Å². The Bertz CT molecular complexity index is 904. The van der Waals surface area contributed by atoms with Gasteiger partial charge in [-0.1, -0.05) is 48.9 Å². The number of hydrogen-bond donors (Lipinski definition) is 1. The minimum Gasteiger partial charge on any atom is -0.342 e. The normalized spacial score (nSPS) is 20.5. The van der Waals surface area contributed by atoms with Crippen molar-refractivity contribution in [2.75, 3.05) is 31.5 Å². The predicted octanol–water partition coefficient (Wildman–Crippen LogP) is 4.73. The first-order valence-electron chi connectivity index (χ1n) is 12.5. The SMILES string of the molecule is CC(=O)Nc1ccc(CN2CCC([C@@H]3CCCCN(CCc4ccccc4)C3=O)CC2)cc1. The van der Waals surface area contributed by atoms with Gasteiger partial charge in [0.2, 0.25) is 11.8 Å². The zero-order valence-corrected chi connectivity index (χ0v) is 19.8. The van der Waals surface area contributed by atoms with Crippen LogP contribution in [0.25, 0.3) is 0 Å². The van der Waals surface area contributed by atoms with Crippen molar-refractivity contribution >= 4 is 17.5 Å². The summed E-state index contributed by atoms with van der Waals surface area (Å²) < 4.78 is 0. The second-order valence-corrected chi connectivity index (χ2v) is 9.65. The van der Waals surface area contributed by atoms with E-state index in [1.54, 1.807) is 0 Å². The first-order valence-corrected chi connectivity index (χ1v) is 12.5. The van der Waals surface area contributed by atoms with E-state index in [0.717, 1.165) is 70.5 Å². The molecule has 2 aliphatic rings. The van der Waals surface area contributed by atoms with Gasteiger partial charge < -0.3 is 10.2 Å². The Labute approximate surface area is 198 Å². The molecule has 2 saturated heterocycles. The maximum absolute atomic E-state index is 13.4. The monoisotopic (exact) mass is 447 g/mol. The second kappa shape index (κ2) is 11.5. The molecule has 2 amide bonds. The van der Waals surface area contributed by atoms with Crippen LogP contribution >= 0.6 is 0 Å². The van der Waals surface area contributed by atoms with Gasteiger partial charge in [0, 0.05) is 38.2 Å². The van der Waals surface area contributed by atoms with E-state index in [0.29, 0.717) is 11.8 Å². The van der Waals surface area contributed by atoms with Crippen molar-refractivity contribution in [3.05, 3.63) is 65.7 Å². The van der Waals surface area contributed by atoms with Gasteiger partial charge in [0.1, 0.15) is 0 Å². The first kappa shape index (κ1) is 23.5. The number of nitrogens with one attached hydrogen (secondary N) is 1. The third-order valence-electron chi connectivity index (χ3n) is 7.22. The molecule has 0 bridgehead atoms. The van der Waals surface area contributed by atoms with Gasteiger partial charge in [-0.15, -0.1) is 0 Å². The number of anilines is 1. The average molecular weight is 448 g/mol. The van der Waals surface area contributed by atoms with Crippen LogP contribution in [0.1, 0.15) is 50.2 Å². The molecule has 1 atom stereocenters. The van der Waals surface area contributed by atoms with Crippen LogP contribution in [0.15, 0.2) is 54.6 Å². The summed E-state index contributed by atoms with van der Waals surface area (Å²) in [6.45, 7) is 6.30. The Morgan fingerprint density at radius 2 is 1.64 bits per heavy atom. The minimum atomic E-state index is -0.0449. The van der Waals surface area contributed by atoms with Crippen LogP contribution in [0.3, 0.4) is 0 Å². The summed E-state index contributed by atoms with van der Waals surface area (Å²) in [5.74, 6) is 1.06. The molecule has 5 nitrogen and oxygen atoms in total. The number of piperidine rings is 1. The number of carbonyl (C=O) groups is 2. The van der Waals surface area contributed by atoms with E-state index in [2.05, 4.69) is 51.5 Å². The van der Waals surface area contributed by atoms with Gasteiger partial charge in [-0.2, -0.15) is 0 Å². The van der Waals surface area contributed by atoms with Crippen LogP contribution < -0.4 is 5.32 Å². The van der Waals surface area contributed by atoms with Crippen molar-refractivity contribution in [3.8, 4) is 0 Å². The zero-order valence-electron chi connectivity index (χ0n) is 19.8. The van der Waals surface area contributed by atoms with Crippen molar-refractivity contribution in [1.82, 2.24) is 9.80 Å². The largest absolute Gasteiger partial charge is 0.342 e. The maximum atomic E-state index is 13.4. The van der Waals surface area contributed by atoms with Crippen LogP contribution in [-0.4, -0.2) is 47.8 Å². The highest BCUT2D eigenvalue weighted by molar-refractivity contribution is 5.88. The Hall–Kier alpha value is -2.66. The van der Waals surface area contributed by atoms with E-state index >= 15 is 0 Å². The minimum absolute atomic E-state index is 0.0449. The molecule has 176 valence electrons. The summed E-state index contributed by atoms with van der Waals surface area (Å²) in [6, 6.07) is 18.6. The third-order valence-corrected chi connectivity index (χ3v) is 7.22. The number of likely N-dealkylation sites (tertiary alicyclic amines) is 2. The fourth-order valence-corrected chi connectivity index (χ4v) is 5.37. The number of amides is 2. The van der Waals surface area contributed by atoms with Gasteiger partial charge in [0.05, 0.1) is 0 Å². The molecule has 33 heavy (non-hydrogen) atoms. The van der Waals surface area contributed by atoms with Crippen LogP contribution in [-0.2, 0) is 22.6 Å². The standard InChI is InChI=1S/C28H37N3O2/c1-22(32)29-26-12-10-24(11-13-26)21-30-18-15-25(16-19-30)27-9-5-6-17-31(28(27)33)20-14-23-7-3-2-4-8-23/h2-4,7-8,10-13,25,27H,5-6,9,14-21H2,1H3,(H,29,32)/t27-/m0/s1. The van der Waals surface area contributed by atoms with E-state index in [9.17, 15) is 9.59 Å². The highest BCUT2D eigenvalue weighted by Gasteiger charge is 2.34. The molecule has 5 heteroatoms. The van der Waals surface area contributed by atoms with Crippen LogP contribution in [0, 0.1) is 11.8 Å². The quantitative estimate of drug-likeness (QED) is 0.668. The molecule has 4 rings (SSSR count). The highest BCUT2D eigenvalue weighted by Crippen LogP contribution is 2.32. The molecular weight excluding hydrogens is 410 g/mol. The molecule has 1 N–H and O–H groups in total.